The van der Waals surface area contributed by atoms with Crippen molar-refractivity contribution in [3.8, 4) is 0 Å². The van der Waals surface area contributed by atoms with E-state index in [1.807, 2.05) is 17.7 Å². The van der Waals surface area contributed by atoms with Gasteiger partial charge in [-0.3, -0.25) is 4.79 Å². The molecular formula is C17H23N3O3S. The molecule has 2 aromatic rings. The van der Waals surface area contributed by atoms with Gasteiger partial charge in [0.1, 0.15) is 0 Å². The first kappa shape index (κ1) is 18.3. The lowest BCUT2D eigenvalue weighted by molar-refractivity contribution is 0.0599. The Bertz CT molecular complexity index is 748. The van der Waals surface area contributed by atoms with E-state index >= 15 is 0 Å². The van der Waals surface area contributed by atoms with E-state index in [9.17, 15) is 9.59 Å². The highest BCUT2D eigenvalue weighted by atomic mass is 32.2. The van der Waals surface area contributed by atoms with Crippen LogP contribution in [0.1, 0.15) is 52.4 Å². The summed E-state index contributed by atoms with van der Waals surface area (Å²) in [5, 5.41) is 0.511. The number of hydrogen-bond acceptors (Lipinski definition) is 5. The number of Topliss-reactive ketones (excluding diaryl/α,β-unsaturated/α-hetero) is 1. The number of ether oxygens (including phenoxy) is 1. The smallest absolute Gasteiger partial charge is 0.339 e. The van der Waals surface area contributed by atoms with Gasteiger partial charge in [-0.25, -0.2) is 9.78 Å². The molecule has 0 bridgehead atoms. The average molecular weight is 349 g/mol. The van der Waals surface area contributed by atoms with Gasteiger partial charge in [0.05, 0.1) is 23.6 Å². The molecule has 0 aliphatic heterocycles. The van der Waals surface area contributed by atoms with Gasteiger partial charge < -0.3 is 14.3 Å². The zero-order valence-electron chi connectivity index (χ0n) is 14.7. The second kappa shape index (κ2) is 7.70. The molecule has 2 aromatic heterocycles. The SMILES string of the molecule is CCCn1ccnc1SC(C)C(=O)c1[nH]c(C)c(C(=O)OC)c1C. The van der Waals surface area contributed by atoms with Crippen molar-refractivity contribution < 1.29 is 14.3 Å². The van der Waals surface area contributed by atoms with Gasteiger partial charge in [0.2, 0.25) is 0 Å². The highest BCUT2D eigenvalue weighted by Gasteiger charge is 2.26. The van der Waals surface area contributed by atoms with Gasteiger partial charge in [-0.1, -0.05) is 18.7 Å². The van der Waals surface area contributed by atoms with Crippen LogP contribution in [0.2, 0.25) is 0 Å². The summed E-state index contributed by atoms with van der Waals surface area (Å²) in [4.78, 5) is 32.0. The van der Waals surface area contributed by atoms with Crippen molar-refractivity contribution in [2.24, 2.45) is 0 Å². The van der Waals surface area contributed by atoms with Crippen LogP contribution in [0.15, 0.2) is 17.6 Å². The number of esters is 1. The normalized spacial score (nSPS) is 12.2. The lowest BCUT2D eigenvalue weighted by Crippen LogP contribution is -2.16. The van der Waals surface area contributed by atoms with Crippen molar-refractivity contribution >= 4 is 23.5 Å². The van der Waals surface area contributed by atoms with Crippen LogP contribution >= 0.6 is 11.8 Å². The fraction of sp³-hybridized carbons (Fsp3) is 0.471. The van der Waals surface area contributed by atoms with Crippen molar-refractivity contribution in [2.45, 2.75) is 51.1 Å². The summed E-state index contributed by atoms with van der Waals surface area (Å²) in [6, 6.07) is 0. The number of thioether (sulfide) groups is 1. The molecule has 7 heteroatoms. The molecule has 0 spiro atoms. The van der Waals surface area contributed by atoms with Gasteiger partial charge in [-0.2, -0.15) is 0 Å². The summed E-state index contributed by atoms with van der Waals surface area (Å²) in [5.74, 6) is -0.485. The maximum atomic E-state index is 12.8. The summed E-state index contributed by atoms with van der Waals surface area (Å²) in [7, 11) is 1.34. The van der Waals surface area contributed by atoms with Gasteiger partial charge in [0.15, 0.2) is 10.9 Å². The van der Waals surface area contributed by atoms with Gasteiger partial charge >= 0.3 is 5.97 Å². The van der Waals surface area contributed by atoms with Crippen LogP contribution in [-0.4, -0.2) is 38.6 Å². The minimum absolute atomic E-state index is 0.0539. The Kier molecular flexibility index (Phi) is 5.88. The Balaban J connectivity index is 2.22. The van der Waals surface area contributed by atoms with E-state index in [0.717, 1.165) is 18.1 Å². The number of carbonyl (C=O) groups excluding carboxylic acids is 2. The first-order valence-electron chi connectivity index (χ1n) is 7.90. The number of aryl methyl sites for hydroxylation is 2. The number of H-pyrrole nitrogens is 1. The second-order valence-corrected chi connectivity index (χ2v) is 6.95. The summed E-state index contributed by atoms with van der Waals surface area (Å²) < 4.78 is 6.83. The van der Waals surface area contributed by atoms with E-state index in [-0.39, 0.29) is 11.0 Å². The number of hydrogen-bond donors (Lipinski definition) is 1. The first-order valence-corrected chi connectivity index (χ1v) is 8.78. The van der Waals surface area contributed by atoms with Gasteiger partial charge in [0.25, 0.3) is 0 Å². The van der Waals surface area contributed by atoms with Crippen molar-refractivity contribution in [2.75, 3.05) is 7.11 Å². The van der Waals surface area contributed by atoms with E-state index in [4.69, 9.17) is 4.74 Å². The van der Waals surface area contributed by atoms with Gasteiger partial charge in [0, 0.05) is 24.6 Å². The number of carbonyl (C=O) groups is 2. The van der Waals surface area contributed by atoms with Crippen LogP contribution in [0, 0.1) is 13.8 Å². The molecule has 0 aliphatic rings. The molecule has 0 aliphatic carbocycles. The van der Waals surface area contributed by atoms with Crippen LogP contribution in [-0.2, 0) is 11.3 Å². The van der Waals surface area contributed by atoms with Crippen LogP contribution in [0.25, 0.3) is 0 Å². The van der Waals surface area contributed by atoms with Crippen LogP contribution in [0.3, 0.4) is 0 Å². The summed E-state index contributed by atoms with van der Waals surface area (Å²) >= 11 is 1.42. The summed E-state index contributed by atoms with van der Waals surface area (Å²) in [6.07, 6.45) is 4.67. The molecule has 0 aromatic carbocycles. The monoisotopic (exact) mass is 349 g/mol. The predicted octanol–water partition coefficient (Wildman–Crippen LogP) is 3.39. The Hall–Kier alpha value is -2.02. The highest BCUT2D eigenvalue weighted by molar-refractivity contribution is 8.00. The van der Waals surface area contributed by atoms with Crippen molar-refractivity contribution in [3.63, 3.8) is 0 Å². The number of nitrogens with zero attached hydrogens (tertiary/aromatic N) is 2. The van der Waals surface area contributed by atoms with E-state index < -0.39 is 5.97 Å². The summed E-state index contributed by atoms with van der Waals surface area (Å²) in [6.45, 7) is 8.35. The third-order valence-corrected chi connectivity index (χ3v) is 4.98. The topological polar surface area (TPSA) is 77.0 Å². The molecular weight excluding hydrogens is 326 g/mol. The Morgan fingerprint density at radius 1 is 1.42 bits per heavy atom. The summed E-state index contributed by atoms with van der Waals surface area (Å²) in [5.41, 5.74) is 2.17. The third kappa shape index (κ3) is 3.56. The molecule has 1 unspecified atom stereocenters. The lowest BCUT2D eigenvalue weighted by atomic mass is 10.1. The Morgan fingerprint density at radius 2 is 2.12 bits per heavy atom. The van der Waals surface area contributed by atoms with E-state index in [1.54, 1.807) is 20.0 Å². The average Bonchev–Trinajstić information content (AvgIpc) is 3.10. The number of methoxy groups -OCH3 is 1. The number of imidazole rings is 1. The Labute approximate surface area is 146 Å². The van der Waals surface area contributed by atoms with Crippen LogP contribution in [0.5, 0.6) is 0 Å². The van der Waals surface area contributed by atoms with Gasteiger partial charge in [-0.05, 0) is 32.8 Å². The fourth-order valence-corrected chi connectivity index (χ4v) is 3.59. The minimum atomic E-state index is -0.431. The molecule has 2 heterocycles. The maximum Gasteiger partial charge on any atom is 0.339 e. The number of ketones is 1. The quantitative estimate of drug-likeness (QED) is 0.471. The first-order chi connectivity index (χ1) is 11.4. The molecule has 1 atom stereocenters. The highest BCUT2D eigenvalue weighted by Crippen LogP contribution is 2.27. The standard InChI is InChI=1S/C17H23N3O3S/c1-6-8-20-9-7-18-17(20)24-12(4)15(21)14-10(2)13(11(3)19-14)16(22)23-5/h7,9,12,19H,6,8H2,1-5H3. The van der Waals surface area contributed by atoms with Crippen molar-refractivity contribution in [1.29, 1.82) is 0 Å². The molecule has 0 fully saturated rings. The molecule has 6 nitrogen and oxygen atoms in total. The second-order valence-electron chi connectivity index (χ2n) is 5.64. The molecule has 24 heavy (non-hydrogen) atoms. The molecule has 0 radical (unpaired) electrons. The number of aromatic amines is 1. The van der Waals surface area contributed by atoms with Crippen LogP contribution < -0.4 is 0 Å². The molecule has 130 valence electrons. The molecule has 1 N–H and O–H groups in total. The van der Waals surface area contributed by atoms with E-state index in [1.165, 1.54) is 18.9 Å². The largest absolute Gasteiger partial charge is 0.465 e. The predicted molar refractivity (Wildman–Crippen MR) is 93.8 cm³/mol. The van der Waals surface area contributed by atoms with Gasteiger partial charge in [-0.15, -0.1) is 0 Å². The van der Waals surface area contributed by atoms with E-state index in [2.05, 4.69) is 16.9 Å². The molecule has 0 amide bonds. The van der Waals surface area contributed by atoms with E-state index in [0.29, 0.717) is 22.5 Å². The van der Waals surface area contributed by atoms with Crippen LogP contribution in [0.4, 0.5) is 0 Å². The fourth-order valence-electron chi connectivity index (χ4n) is 2.64. The number of aromatic nitrogens is 3. The number of rotatable bonds is 7. The molecule has 0 saturated carbocycles. The zero-order chi connectivity index (χ0) is 17.9. The molecule has 2 rings (SSSR count). The third-order valence-electron chi connectivity index (χ3n) is 3.87. The maximum absolute atomic E-state index is 12.8. The van der Waals surface area contributed by atoms with Crippen molar-refractivity contribution in [1.82, 2.24) is 14.5 Å². The minimum Gasteiger partial charge on any atom is -0.465 e. The lowest BCUT2D eigenvalue weighted by Gasteiger charge is -2.11. The van der Waals surface area contributed by atoms with Crippen molar-refractivity contribution in [3.05, 3.63) is 34.9 Å². The Morgan fingerprint density at radius 3 is 2.75 bits per heavy atom. The zero-order valence-corrected chi connectivity index (χ0v) is 15.5. The molecule has 0 saturated heterocycles. The number of nitrogens with one attached hydrogen (secondary N) is 1.